The first-order chi connectivity index (χ1) is 6.03. The van der Waals surface area contributed by atoms with E-state index >= 15 is 0 Å². The van der Waals surface area contributed by atoms with Crippen molar-refractivity contribution in [2.24, 2.45) is 5.73 Å². The topological polar surface area (TPSA) is 61.5 Å². The second-order valence-electron chi connectivity index (χ2n) is 3.88. The molecule has 1 aliphatic carbocycles. The Labute approximate surface area is 76.7 Å². The van der Waals surface area contributed by atoms with E-state index in [0.717, 1.165) is 6.29 Å². The minimum absolute atomic E-state index is 0.199. The van der Waals surface area contributed by atoms with Crippen LogP contribution in [0.4, 0.5) is 0 Å². The van der Waals surface area contributed by atoms with E-state index in [1.165, 1.54) is 0 Å². The first-order valence-electron chi connectivity index (χ1n) is 4.31. The van der Waals surface area contributed by atoms with Crippen LogP contribution in [0.3, 0.4) is 0 Å². The number of hydrogen-bond acceptors (Lipinski definition) is 4. The van der Waals surface area contributed by atoms with Gasteiger partial charge in [-0.1, -0.05) is 6.08 Å². The number of rotatable bonds is 1. The Balaban J connectivity index is 2.24. The van der Waals surface area contributed by atoms with Crippen molar-refractivity contribution in [2.45, 2.75) is 37.9 Å². The van der Waals surface area contributed by atoms with E-state index in [0.29, 0.717) is 5.57 Å². The minimum Gasteiger partial charge on any atom is -0.342 e. The van der Waals surface area contributed by atoms with Crippen molar-refractivity contribution < 1.29 is 14.3 Å². The molecule has 0 unspecified atom stereocenters. The third-order valence-electron chi connectivity index (χ3n) is 2.36. The maximum Gasteiger partial charge on any atom is 0.164 e. The highest BCUT2D eigenvalue weighted by Crippen LogP contribution is 2.36. The molecule has 2 rings (SSSR count). The monoisotopic (exact) mass is 183 g/mol. The predicted molar refractivity (Wildman–Crippen MR) is 45.9 cm³/mol. The Morgan fingerprint density at radius 3 is 2.85 bits per heavy atom. The Morgan fingerprint density at radius 1 is 1.54 bits per heavy atom. The minimum atomic E-state index is -0.629. The van der Waals surface area contributed by atoms with Gasteiger partial charge in [0.05, 0.1) is 6.04 Å². The van der Waals surface area contributed by atoms with Gasteiger partial charge in [-0.15, -0.1) is 0 Å². The molecule has 2 N–H and O–H groups in total. The van der Waals surface area contributed by atoms with Crippen LogP contribution in [0.5, 0.6) is 0 Å². The molecular formula is C9H13NO3. The van der Waals surface area contributed by atoms with E-state index in [1.54, 1.807) is 6.08 Å². The molecule has 0 aromatic rings. The summed E-state index contributed by atoms with van der Waals surface area (Å²) < 4.78 is 11.1. The summed E-state index contributed by atoms with van der Waals surface area (Å²) in [6.45, 7) is 3.64. The number of aldehydes is 1. The van der Waals surface area contributed by atoms with Crippen molar-refractivity contribution >= 4 is 6.29 Å². The van der Waals surface area contributed by atoms with Crippen LogP contribution in [-0.2, 0) is 14.3 Å². The van der Waals surface area contributed by atoms with Gasteiger partial charge in [0.25, 0.3) is 0 Å². The van der Waals surface area contributed by atoms with Crippen molar-refractivity contribution in [3.05, 3.63) is 11.6 Å². The molecule has 72 valence electrons. The lowest BCUT2D eigenvalue weighted by molar-refractivity contribution is -0.146. The maximum absolute atomic E-state index is 10.6. The van der Waals surface area contributed by atoms with Crippen LogP contribution in [-0.4, -0.2) is 30.3 Å². The molecule has 1 fully saturated rings. The Hall–Kier alpha value is -0.710. The quantitative estimate of drug-likeness (QED) is 0.580. The fourth-order valence-electron chi connectivity index (χ4n) is 1.85. The first kappa shape index (κ1) is 8.87. The van der Waals surface area contributed by atoms with Gasteiger partial charge in [0.2, 0.25) is 0 Å². The summed E-state index contributed by atoms with van der Waals surface area (Å²) in [7, 11) is 0. The zero-order valence-electron chi connectivity index (χ0n) is 7.69. The van der Waals surface area contributed by atoms with Crippen molar-refractivity contribution in [3.8, 4) is 0 Å². The van der Waals surface area contributed by atoms with Crippen LogP contribution in [0, 0.1) is 0 Å². The number of carbonyl (C=O) groups excluding carboxylic acids is 1. The molecule has 3 atom stereocenters. The van der Waals surface area contributed by atoms with Gasteiger partial charge in [-0.25, -0.2) is 0 Å². The van der Waals surface area contributed by atoms with Gasteiger partial charge < -0.3 is 15.2 Å². The largest absolute Gasteiger partial charge is 0.342 e. The molecule has 0 spiro atoms. The van der Waals surface area contributed by atoms with Crippen LogP contribution in [0.15, 0.2) is 11.6 Å². The number of ether oxygens (including phenoxy) is 2. The molecule has 0 aromatic heterocycles. The molecule has 0 aromatic carbocycles. The fourth-order valence-corrected chi connectivity index (χ4v) is 1.85. The summed E-state index contributed by atoms with van der Waals surface area (Å²) >= 11 is 0. The van der Waals surface area contributed by atoms with Crippen LogP contribution in [0.25, 0.3) is 0 Å². The zero-order chi connectivity index (χ0) is 9.64. The number of carbonyl (C=O) groups is 1. The SMILES string of the molecule is CC1(C)O[C@H]2[C@H](N)C=C(C=O)[C@H]2O1. The summed E-state index contributed by atoms with van der Waals surface area (Å²) in [6.07, 6.45) is 2.02. The number of hydrogen-bond donors (Lipinski definition) is 1. The lowest BCUT2D eigenvalue weighted by atomic mass is 10.1. The van der Waals surface area contributed by atoms with Gasteiger partial charge in [0, 0.05) is 5.57 Å². The van der Waals surface area contributed by atoms with Crippen molar-refractivity contribution in [3.63, 3.8) is 0 Å². The lowest BCUT2D eigenvalue weighted by Gasteiger charge is -2.18. The van der Waals surface area contributed by atoms with Crippen molar-refractivity contribution in [1.82, 2.24) is 0 Å². The average Bonchev–Trinajstić information content (AvgIpc) is 2.47. The normalized spacial score (nSPS) is 41.5. The van der Waals surface area contributed by atoms with Gasteiger partial charge in [0.1, 0.15) is 18.5 Å². The van der Waals surface area contributed by atoms with Crippen LogP contribution in [0.1, 0.15) is 13.8 Å². The Kier molecular flexibility index (Phi) is 1.80. The lowest BCUT2D eigenvalue weighted by Crippen LogP contribution is -2.35. The Bertz CT molecular complexity index is 272. The molecule has 4 heteroatoms. The van der Waals surface area contributed by atoms with E-state index in [4.69, 9.17) is 15.2 Å². The molecule has 0 bridgehead atoms. The van der Waals surface area contributed by atoms with Gasteiger partial charge in [-0.05, 0) is 13.8 Å². The molecule has 0 radical (unpaired) electrons. The molecule has 1 heterocycles. The standard InChI is InChI=1S/C9H13NO3/c1-9(2)12-7-5(4-11)3-6(10)8(7)13-9/h3-4,6-8H,10H2,1-2H3/t6-,7-,8+/m1/s1. The molecule has 1 aliphatic heterocycles. The van der Waals surface area contributed by atoms with E-state index < -0.39 is 5.79 Å². The summed E-state index contributed by atoms with van der Waals surface area (Å²) in [5, 5.41) is 0. The van der Waals surface area contributed by atoms with E-state index in [1.807, 2.05) is 13.8 Å². The molecule has 0 amide bonds. The molecule has 4 nitrogen and oxygen atoms in total. The van der Waals surface area contributed by atoms with Crippen LogP contribution >= 0.6 is 0 Å². The van der Waals surface area contributed by atoms with E-state index in [2.05, 4.69) is 0 Å². The van der Waals surface area contributed by atoms with Gasteiger partial charge in [-0.3, -0.25) is 4.79 Å². The fraction of sp³-hybridized carbons (Fsp3) is 0.667. The molecule has 13 heavy (non-hydrogen) atoms. The first-order valence-corrected chi connectivity index (χ1v) is 4.31. The van der Waals surface area contributed by atoms with Crippen LogP contribution in [0.2, 0.25) is 0 Å². The third kappa shape index (κ3) is 1.31. The summed E-state index contributed by atoms with van der Waals surface area (Å²) in [5.74, 6) is -0.629. The average molecular weight is 183 g/mol. The van der Waals surface area contributed by atoms with Crippen molar-refractivity contribution in [2.75, 3.05) is 0 Å². The highest BCUT2D eigenvalue weighted by molar-refractivity contribution is 5.76. The smallest absolute Gasteiger partial charge is 0.164 e. The Morgan fingerprint density at radius 2 is 2.23 bits per heavy atom. The summed E-state index contributed by atoms with van der Waals surface area (Å²) in [6, 6.07) is -0.230. The number of fused-ring (bicyclic) bond motifs is 1. The summed E-state index contributed by atoms with van der Waals surface area (Å²) in [5.41, 5.74) is 6.37. The zero-order valence-corrected chi connectivity index (χ0v) is 7.69. The third-order valence-corrected chi connectivity index (χ3v) is 2.36. The van der Waals surface area contributed by atoms with Crippen molar-refractivity contribution in [1.29, 1.82) is 0 Å². The predicted octanol–water partition coefficient (Wildman–Crippen LogP) is -0.0273. The highest BCUT2D eigenvalue weighted by atomic mass is 16.8. The molecule has 1 saturated heterocycles. The number of nitrogens with two attached hydrogens (primary N) is 1. The molecule has 2 aliphatic rings. The van der Waals surface area contributed by atoms with E-state index in [-0.39, 0.29) is 18.2 Å². The van der Waals surface area contributed by atoms with Gasteiger partial charge in [0.15, 0.2) is 5.79 Å². The second-order valence-corrected chi connectivity index (χ2v) is 3.88. The van der Waals surface area contributed by atoms with Crippen LogP contribution < -0.4 is 5.73 Å². The molecular weight excluding hydrogens is 170 g/mol. The maximum atomic E-state index is 10.6. The highest BCUT2D eigenvalue weighted by Gasteiger charge is 2.48. The van der Waals surface area contributed by atoms with Gasteiger partial charge >= 0.3 is 0 Å². The summed E-state index contributed by atoms with van der Waals surface area (Å²) in [4.78, 5) is 10.6. The van der Waals surface area contributed by atoms with E-state index in [9.17, 15) is 4.79 Å². The molecule has 0 saturated carbocycles. The van der Waals surface area contributed by atoms with Gasteiger partial charge in [-0.2, -0.15) is 0 Å². The second kappa shape index (κ2) is 2.64.